The van der Waals surface area contributed by atoms with E-state index in [4.69, 9.17) is 5.73 Å². The van der Waals surface area contributed by atoms with Gasteiger partial charge in [-0.25, -0.2) is 4.79 Å². The molecule has 2 amide bonds. The number of nitrogens with two attached hydrogens (primary N) is 1. The van der Waals surface area contributed by atoms with E-state index in [1.54, 1.807) is 17.0 Å². The first-order chi connectivity index (χ1) is 12.3. The van der Waals surface area contributed by atoms with E-state index in [-0.39, 0.29) is 11.8 Å². The Kier molecular flexibility index (Phi) is 7.49. The molecule has 2 rings (SSSR count). The topological polar surface area (TPSA) is 55.6 Å². The first kappa shape index (κ1) is 20.7. The monoisotopic (exact) mass is 390 g/mol. The van der Waals surface area contributed by atoms with Crippen molar-refractivity contribution >= 4 is 17.8 Å². The third-order valence-corrected chi connectivity index (χ3v) is 5.73. The average Bonchev–Trinajstić information content (AvgIpc) is 2.56. The molecule has 0 aliphatic heterocycles. The Morgan fingerprint density at radius 3 is 2.54 bits per heavy atom. The van der Waals surface area contributed by atoms with Crippen molar-refractivity contribution in [3.05, 3.63) is 24.3 Å². The van der Waals surface area contributed by atoms with Crippen molar-refractivity contribution in [3.8, 4) is 5.75 Å². The van der Waals surface area contributed by atoms with Crippen LogP contribution in [-0.4, -0.2) is 35.6 Å². The fourth-order valence-corrected chi connectivity index (χ4v) is 4.14. The standard InChI is InChI=1S/C18H25F3N2O2S/c1-13-7-9-14(10-8-13)23(17(22)24)11-4-12-26-16-6-3-2-5-15(16)25-18(19,20)21/h2-3,5-6,13-14H,4,7-12H2,1H3,(H2,22,24). The third-order valence-electron chi connectivity index (χ3n) is 4.58. The minimum Gasteiger partial charge on any atom is -0.405 e. The van der Waals surface area contributed by atoms with Crippen LogP contribution in [0.4, 0.5) is 18.0 Å². The van der Waals surface area contributed by atoms with Crippen LogP contribution in [0, 0.1) is 5.92 Å². The van der Waals surface area contributed by atoms with Crippen molar-refractivity contribution in [2.75, 3.05) is 12.3 Å². The Hall–Kier alpha value is -1.57. The molecule has 0 saturated heterocycles. The second-order valence-electron chi connectivity index (χ2n) is 6.64. The molecule has 1 aromatic carbocycles. The highest BCUT2D eigenvalue weighted by atomic mass is 32.2. The van der Waals surface area contributed by atoms with E-state index in [0.717, 1.165) is 25.7 Å². The van der Waals surface area contributed by atoms with Gasteiger partial charge < -0.3 is 15.4 Å². The van der Waals surface area contributed by atoms with E-state index in [1.165, 1.54) is 23.9 Å². The van der Waals surface area contributed by atoms with Gasteiger partial charge in [-0.1, -0.05) is 19.1 Å². The third kappa shape index (κ3) is 6.63. The van der Waals surface area contributed by atoms with Gasteiger partial charge in [-0.05, 0) is 55.9 Å². The summed E-state index contributed by atoms with van der Waals surface area (Å²) in [5.41, 5.74) is 5.52. The number of amides is 2. The number of para-hydroxylation sites is 1. The summed E-state index contributed by atoms with van der Waals surface area (Å²) >= 11 is 1.28. The van der Waals surface area contributed by atoms with Gasteiger partial charge in [-0.2, -0.15) is 0 Å². The van der Waals surface area contributed by atoms with Gasteiger partial charge >= 0.3 is 12.4 Å². The summed E-state index contributed by atoms with van der Waals surface area (Å²) < 4.78 is 41.4. The molecule has 0 unspecified atom stereocenters. The highest BCUT2D eigenvalue weighted by Gasteiger charge is 2.32. The number of alkyl halides is 3. The maximum absolute atomic E-state index is 12.4. The molecule has 1 aliphatic rings. The van der Waals surface area contributed by atoms with Crippen molar-refractivity contribution in [2.45, 2.75) is 56.3 Å². The zero-order chi connectivity index (χ0) is 19.2. The molecule has 0 bridgehead atoms. The summed E-state index contributed by atoms with van der Waals surface area (Å²) in [7, 11) is 0. The fourth-order valence-electron chi connectivity index (χ4n) is 3.22. The minimum atomic E-state index is -4.71. The van der Waals surface area contributed by atoms with E-state index in [1.807, 2.05) is 0 Å². The summed E-state index contributed by atoms with van der Waals surface area (Å²) in [5.74, 6) is 1.06. The lowest BCUT2D eigenvalue weighted by Crippen LogP contribution is -2.45. The molecule has 1 fully saturated rings. The quantitative estimate of drug-likeness (QED) is 0.525. The predicted molar refractivity (Wildman–Crippen MR) is 96.2 cm³/mol. The molecule has 0 atom stereocenters. The first-order valence-corrected chi connectivity index (χ1v) is 9.78. The van der Waals surface area contributed by atoms with Gasteiger partial charge in [0.25, 0.3) is 0 Å². The second kappa shape index (κ2) is 9.39. The van der Waals surface area contributed by atoms with Gasteiger partial charge in [0.05, 0.1) is 0 Å². The van der Waals surface area contributed by atoms with Crippen LogP contribution in [0.2, 0.25) is 0 Å². The number of hydrogen-bond acceptors (Lipinski definition) is 3. The predicted octanol–water partition coefficient (Wildman–Crippen LogP) is 5.03. The number of thioether (sulfide) groups is 1. The number of urea groups is 1. The number of benzene rings is 1. The van der Waals surface area contributed by atoms with Crippen LogP contribution < -0.4 is 10.5 Å². The number of halogens is 3. The van der Waals surface area contributed by atoms with Crippen LogP contribution in [0.1, 0.15) is 39.0 Å². The zero-order valence-electron chi connectivity index (χ0n) is 14.8. The molecule has 2 N–H and O–H groups in total. The van der Waals surface area contributed by atoms with Gasteiger partial charge in [0.2, 0.25) is 0 Å². The van der Waals surface area contributed by atoms with E-state index < -0.39 is 12.4 Å². The maximum atomic E-state index is 12.4. The molecule has 4 nitrogen and oxygen atoms in total. The maximum Gasteiger partial charge on any atom is 0.573 e. The highest BCUT2D eigenvalue weighted by molar-refractivity contribution is 7.99. The van der Waals surface area contributed by atoms with Gasteiger partial charge in [0.1, 0.15) is 5.75 Å². The van der Waals surface area contributed by atoms with Crippen molar-refractivity contribution in [3.63, 3.8) is 0 Å². The lowest BCUT2D eigenvalue weighted by molar-refractivity contribution is -0.275. The molecule has 1 aromatic rings. The van der Waals surface area contributed by atoms with Crippen LogP contribution in [0.3, 0.4) is 0 Å². The summed E-state index contributed by atoms with van der Waals surface area (Å²) in [6.07, 6.45) is 0.0350. The zero-order valence-corrected chi connectivity index (χ0v) is 15.6. The van der Waals surface area contributed by atoms with Crippen LogP contribution in [0.5, 0.6) is 5.75 Å². The molecule has 0 spiro atoms. The van der Waals surface area contributed by atoms with E-state index in [0.29, 0.717) is 29.5 Å². The van der Waals surface area contributed by atoms with Crippen LogP contribution in [-0.2, 0) is 0 Å². The second-order valence-corrected chi connectivity index (χ2v) is 7.78. The summed E-state index contributed by atoms with van der Waals surface area (Å²) in [6.45, 7) is 2.73. The number of carbonyl (C=O) groups excluding carboxylic acids is 1. The molecule has 0 heterocycles. The number of primary amides is 1. The van der Waals surface area contributed by atoms with Crippen LogP contribution >= 0.6 is 11.8 Å². The van der Waals surface area contributed by atoms with Crippen molar-refractivity contribution in [1.29, 1.82) is 0 Å². The van der Waals surface area contributed by atoms with E-state index in [9.17, 15) is 18.0 Å². The molecule has 0 radical (unpaired) electrons. The van der Waals surface area contributed by atoms with Gasteiger partial charge in [0.15, 0.2) is 0 Å². The molecule has 146 valence electrons. The summed E-state index contributed by atoms with van der Waals surface area (Å²) in [5, 5.41) is 0. The number of nitrogens with zero attached hydrogens (tertiary/aromatic N) is 1. The molecular formula is C18H25F3N2O2S. The number of rotatable bonds is 7. The normalized spacial score (nSPS) is 20.6. The molecule has 8 heteroatoms. The molecule has 26 heavy (non-hydrogen) atoms. The molecular weight excluding hydrogens is 365 g/mol. The Labute approximate surface area is 156 Å². The lowest BCUT2D eigenvalue weighted by Gasteiger charge is -2.35. The fraction of sp³-hybridized carbons (Fsp3) is 0.611. The van der Waals surface area contributed by atoms with Gasteiger partial charge in [-0.15, -0.1) is 24.9 Å². The van der Waals surface area contributed by atoms with E-state index in [2.05, 4.69) is 11.7 Å². The van der Waals surface area contributed by atoms with Crippen molar-refractivity contribution < 1.29 is 22.7 Å². The Morgan fingerprint density at radius 2 is 1.92 bits per heavy atom. The minimum absolute atomic E-state index is 0.176. The first-order valence-electron chi connectivity index (χ1n) is 8.80. The molecule has 1 saturated carbocycles. The van der Waals surface area contributed by atoms with Crippen molar-refractivity contribution in [2.24, 2.45) is 11.7 Å². The van der Waals surface area contributed by atoms with Crippen LogP contribution in [0.15, 0.2) is 29.2 Å². The highest BCUT2D eigenvalue weighted by Crippen LogP contribution is 2.33. The Morgan fingerprint density at radius 1 is 1.27 bits per heavy atom. The van der Waals surface area contributed by atoms with Crippen molar-refractivity contribution in [1.82, 2.24) is 4.90 Å². The number of carbonyl (C=O) groups is 1. The van der Waals surface area contributed by atoms with Crippen LogP contribution in [0.25, 0.3) is 0 Å². The Bertz CT molecular complexity index is 590. The number of ether oxygens (including phenoxy) is 1. The summed E-state index contributed by atoms with van der Waals surface area (Å²) in [4.78, 5) is 13.9. The van der Waals surface area contributed by atoms with Gasteiger partial charge in [-0.3, -0.25) is 0 Å². The molecule has 1 aliphatic carbocycles. The van der Waals surface area contributed by atoms with E-state index >= 15 is 0 Å². The Balaban J connectivity index is 1.84. The number of hydrogen-bond donors (Lipinski definition) is 1. The average molecular weight is 390 g/mol. The smallest absolute Gasteiger partial charge is 0.405 e. The SMILES string of the molecule is CC1CCC(N(CCCSc2ccccc2OC(F)(F)F)C(N)=O)CC1. The summed E-state index contributed by atoms with van der Waals surface area (Å²) in [6, 6.07) is 5.83. The lowest BCUT2D eigenvalue weighted by atomic mass is 9.86. The molecule has 0 aromatic heterocycles. The van der Waals surface area contributed by atoms with Gasteiger partial charge in [0, 0.05) is 17.5 Å². The largest absolute Gasteiger partial charge is 0.573 e.